The Bertz CT molecular complexity index is 492. The van der Waals surface area contributed by atoms with E-state index in [1.807, 2.05) is 7.05 Å². The Morgan fingerprint density at radius 3 is 2.89 bits per heavy atom. The van der Waals surface area contributed by atoms with Crippen molar-refractivity contribution >= 4 is 17.3 Å². The molecular formula is C13H19FN4O. The summed E-state index contributed by atoms with van der Waals surface area (Å²) < 4.78 is 13.8. The van der Waals surface area contributed by atoms with Crippen LogP contribution >= 0.6 is 0 Å². The molecule has 19 heavy (non-hydrogen) atoms. The van der Waals surface area contributed by atoms with Gasteiger partial charge in [0.05, 0.1) is 11.3 Å². The second kappa shape index (κ2) is 5.44. The molecule has 5 nitrogen and oxygen atoms in total. The number of halogens is 1. The molecule has 0 spiro atoms. The van der Waals surface area contributed by atoms with E-state index >= 15 is 0 Å². The summed E-state index contributed by atoms with van der Waals surface area (Å²) in [6, 6.07) is 2.69. The number of likely N-dealkylation sites (N-methyl/N-ethyl adjacent to an activating group) is 1. The first kappa shape index (κ1) is 13.6. The molecule has 1 heterocycles. The standard InChI is InChI=1S/C13H19FN4O/c1-18-4-2-3-8(7-18)17-12-5-9(13(16)19)11(15)6-10(12)14/h5-6,8,17H,2-4,7,15H2,1H3,(H2,16,19). The van der Waals surface area contributed by atoms with Gasteiger partial charge >= 0.3 is 0 Å². The molecule has 1 atom stereocenters. The van der Waals surface area contributed by atoms with Gasteiger partial charge in [0.15, 0.2) is 0 Å². The number of amides is 1. The molecule has 0 aromatic heterocycles. The van der Waals surface area contributed by atoms with Gasteiger partial charge in [-0.15, -0.1) is 0 Å². The van der Waals surface area contributed by atoms with E-state index in [0.29, 0.717) is 0 Å². The van der Waals surface area contributed by atoms with Crippen LogP contribution in [0.4, 0.5) is 15.8 Å². The van der Waals surface area contributed by atoms with Crippen LogP contribution in [-0.4, -0.2) is 37.0 Å². The van der Waals surface area contributed by atoms with Gasteiger partial charge in [-0.2, -0.15) is 0 Å². The number of nitrogens with two attached hydrogens (primary N) is 2. The van der Waals surface area contributed by atoms with E-state index in [1.165, 1.54) is 6.07 Å². The number of nitrogens with one attached hydrogen (secondary N) is 1. The Morgan fingerprint density at radius 1 is 1.53 bits per heavy atom. The highest BCUT2D eigenvalue weighted by Crippen LogP contribution is 2.24. The van der Waals surface area contributed by atoms with Crippen molar-refractivity contribution in [2.24, 2.45) is 5.73 Å². The number of likely N-dealkylation sites (tertiary alicyclic amines) is 1. The second-order valence-corrected chi connectivity index (χ2v) is 5.03. The van der Waals surface area contributed by atoms with Gasteiger partial charge in [0, 0.05) is 18.3 Å². The van der Waals surface area contributed by atoms with Gasteiger partial charge in [-0.1, -0.05) is 0 Å². The van der Waals surface area contributed by atoms with Crippen molar-refractivity contribution in [1.29, 1.82) is 0 Å². The highest BCUT2D eigenvalue weighted by Gasteiger charge is 2.19. The minimum absolute atomic E-state index is 0.0660. The third-order valence-electron chi connectivity index (χ3n) is 3.39. The molecule has 0 saturated carbocycles. The van der Waals surface area contributed by atoms with Crippen molar-refractivity contribution < 1.29 is 9.18 Å². The fraction of sp³-hybridized carbons (Fsp3) is 0.462. The average Bonchev–Trinajstić information content (AvgIpc) is 2.32. The average molecular weight is 266 g/mol. The number of carbonyl (C=O) groups excluding carboxylic acids is 1. The van der Waals surface area contributed by atoms with E-state index in [-0.39, 0.29) is 23.0 Å². The van der Waals surface area contributed by atoms with Gasteiger partial charge in [-0.05, 0) is 38.6 Å². The van der Waals surface area contributed by atoms with Crippen molar-refractivity contribution in [3.8, 4) is 0 Å². The normalized spacial score (nSPS) is 20.2. The molecule has 1 saturated heterocycles. The summed E-state index contributed by atoms with van der Waals surface area (Å²) in [5, 5.41) is 3.12. The van der Waals surface area contributed by atoms with Crippen molar-refractivity contribution in [3.63, 3.8) is 0 Å². The van der Waals surface area contributed by atoms with E-state index in [4.69, 9.17) is 11.5 Å². The number of nitrogens with zero attached hydrogens (tertiary/aromatic N) is 1. The molecule has 2 rings (SSSR count). The van der Waals surface area contributed by atoms with E-state index < -0.39 is 11.7 Å². The Kier molecular flexibility index (Phi) is 3.90. The molecule has 1 unspecified atom stereocenters. The van der Waals surface area contributed by atoms with Gasteiger partial charge in [0.2, 0.25) is 0 Å². The predicted octanol–water partition coefficient (Wildman–Crippen LogP) is 1.01. The first-order valence-corrected chi connectivity index (χ1v) is 6.31. The van der Waals surface area contributed by atoms with Crippen molar-refractivity contribution in [3.05, 3.63) is 23.5 Å². The summed E-state index contributed by atoms with van der Waals surface area (Å²) in [5.41, 5.74) is 11.3. The van der Waals surface area contributed by atoms with Gasteiger partial charge in [-0.3, -0.25) is 4.79 Å². The maximum absolute atomic E-state index is 13.8. The Balaban J connectivity index is 2.19. The topological polar surface area (TPSA) is 84.4 Å². The van der Waals surface area contributed by atoms with Crippen molar-refractivity contribution in [1.82, 2.24) is 4.90 Å². The van der Waals surface area contributed by atoms with Gasteiger partial charge in [0.25, 0.3) is 5.91 Å². The summed E-state index contributed by atoms with van der Waals surface area (Å²) in [5.74, 6) is -1.11. The molecular weight excluding hydrogens is 247 g/mol. The lowest BCUT2D eigenvalue weighted by Gasteiger charge is -2.31. The molecule has 0 radical (unpaired) electrons. The Morgan fingerprint density at radius 2 is 2.26 bits per heavy atom. The Labute approximate surface area is 111 Å². The molecule has 1 aromatic rings. The van der Waals surface area contributed by atoms with Crippen LogP contribution in [0.2, 0.25) is 0 Å². The second-order valence-electron chi connectivity index (χ2n) is 5.03. The number of carbonyl (C=O) groups is 1. The number of benzene rings is 1. The molecule has 6 heteroatoms. The summed E-state index contributed by atoms with van der Waals surface area (Å²) in [6.45, 7) is 1.89. The minimum atomic E-state index is -0.652. The zero-order chi connectivity index (χ0) is 14.0. The lowest BCUT2D eigenvalue weighted by atomic mass is 10.0. The highest BCUT2D eigenvalue weighted by molar-refractivity contribution is 5.99. The Hall–Kier alpha value is -1.82. The molecule has 1 fully saturated rings. The summed E-state index contributed by atoms with van der Waals surface area (Å²) >= 11 is 0. The number of rotatable bonds is 3. The molecule has 1 aliphatic rings. The third-order valence-corrected chi connectivity index (χ3v) is 3.39. The van der Waals surface area contributed by atoms with Crippen LogP contribution in [0.5, 0.6) is 0 Å². The maximum Gasteiger partial charge on any atom is 0.250 e. The van der Waals surface area contributed by atoms with Crippen LogP contribution in [-0.2, 0) is 0 Å². The minimum Gasteiger partial charge on any atom is -0.398 e. The first-order valence-electron chi connectivity index (χ1n) is 6.31. The highest BCUT2D eigenvalue weighted by atomic mass is 19.1. The number of piperidine rings is 1. The van der Waals surface area contributed by atoms with Crippen LogP contribution in [0.1, 0.15) is 23.2 Å². The molecule has 0 aliphatic carbocycles. The van der Waals surface area contributed by atoms with Crippen LogP contribution < -0.4 is 16.8 Å². The molecule has 1 amide bonds. The largest absolute Gasteiger partial charge is 0.398 e. The third kappa shape index (κ3) is 3.14. The maximum atomic E-state index is 13.8. The van der Waals surface area contributed by atoms with E-state index in [0.717, 1.165) is 32.0 Å². The number of anilines is 2. The van der Waals surface area contributed by atoms with E-state index in [1.54, 1.807) is 0 Å². The SMILES string of the molecule is CN1CCCC(Nc2cc(C(N)=O)c(N)cc2F)C1. The monoisotopic (exact) mass is 266 g/mol. The lowest BCUT2D eigenvalue weighted by molar-refractivity contribution is 0.100. The molecule has 0 bridgehead atoms. The zero-order valence-corrected chi connectivity index (χ0v) is 10.9. The number of primary amides is 1. The molecule has 104 valence electrons. The quantitative estimate of drug-likeness (QED) is 0.713. The van der Waals surface area contributed by atoms with Crippen LogP contribution in [0.15, 0.2) is 12.1 Å². The number of hydrogen-bond acceptors (Lipinski definition) is 4. The fourth-order valence-electron chi connectivity index (χ4n) is 2.42. The molecule has 1 aliphatic heterocycles. The number of nitrogen functional groups attached to an aromatic ring is 1. The van der Waals surface area contributed by atoms with Gasteiger partial charge < -0.3 is 21.7 Å². The lowest BCUT2D eigenvalue weighted by Crippen LogP contribution is -2.40. The zero-order valence-electron chi connectivity index (χ0n) is 10.9. The smallest absolute Gasteiger partial charge is 0.250 e. The first-order chi connectivity index (χ1) is 8.97. The van der Waals surface area contributed by atoms with Crippen LogP contribution in [0.3, 0.4) is 0 Å². The van der Waals surface area contributed by atoms with E-state index in [2.05, 4.69) is 10.2 Å². The fourth-order valence-corrected chi connectivity index (χ4v) is 2.42. The van der Waals surface area contributed by atoms with Gasteiger partial charge in [-0.25, -0.2) is 4.39 Å². The molecule has 1 aromatic carbocycles. The van der Waals surface area contributed by atoms with Crippen LogP contribution in [0.25, 0.3) is 0 Å². The summed E-state index contributed by atoms with van der Waals surface area (Å²) in [6.07, 6.45) is 2.04. The summed E-state index contributed by atoms with van der Waals surface area (Å²) in [7, 11) is 2.03. The van der Waals surface area contributed by atoms with E-state index in [9.17, 15) is 9.18 Å². The predicted molar refractivity (Wildman–Crippen MR) is 73.5 cm³/mol. The molecule has 5 N–H and O–H groups in total. The van der Waals surface area contributed by atoms with Gasteiger partial charge in [0.1, 0.15) is 5.82 Å². The van der Waals surface area contributed by atoms with Crippen LogP contribution in [0, 0.1) is 5.82 Å². The van der Waals surface area contributed by atoms with Crippen molar-refractivity contribution in [2.45, 2.75) is 18.9 Å². The number of hydrogen-bond donors (Lipinski definition) is 3. The van der Waals surface area contributed by atoms with Crippen molar-refractivity contribution in [2.75, 3.05) is 31.2 Å². The summed E-state index contributed by atoms with van der Waals surface area (Å²) in [4.78, 5) is 13.4.